The van der Waals surface area contributed by atoms with Gasteiger partial charge in [-0.3, -0.25) is 19.4 Å². The Balaban J connectivity index is 1.08. The fourth-order valence-corrected chi connectivity index (χ4v) is 5.93. The molecule has 0 spiro atoms. The fourth-order valence-electron chi connectivity index (χ4n) is 4.84. The van der Waals surface area contributed by atoms with Crippen LogP contribution in [0.3, 0.4) is 0 Å². The number of benzene rings is 2. The minimum Gasteiger partial charge on any atom is -0.341 e. The van der Waals surface area contributed by atoms with Crippen molar-refractivity contribution in [1.82, 2.24) is 19.7 Å². The van der Waals surface area contributed by atoms with Gasteiger partial charge in [0.1, 0.15) is 5.82 Å². The molecule has 0 aliphatic carbocycles. The Kier molecular flexibility index (Phi) is 7.36. The lowest BCUT2D eigenvalue weighted by Gasteiger charge is -2.37. The van der Waals surface area contributed by atoms with E-state index in [1.165, 1.54) is 16.8 Å². The molecule has 3 aromatic rings. The molecule has 2 aliphatic rings. The van der Waals surface area contributed by atoms with Crippen molar-refractivity contribution in [3.8, 4) is 0 Å². The largest absolute Gasteiger partial charge is 0.341 e. The third kappa shape index (κ3) is 6.04. The van der Waals surface area contributed by atoms with E-state index >= 15 is 0 Å². The first-order chi connectivity index (χ1) is 17.0. The number of para-hydroxylation sites is 1. The lowest BCUT2D eigenvalue weighted by molar-refractivity contribution is -0.134. The van der Waals surface area contributed by atoms with E-state index in [0.717, 1.165) is 62.6 Å². The molecular formula is C26H30FN5O2S. The molecule has 9 heteroatoms. The van der Waals surface area contributed by atoms with E-state index in [0.29, 0.717) is 18.2 Å². The summed E-state index contributed by atoms with van der Waals surface area (Å²) in [6.45, 7) is 5.14. The second kappa shape index (κ2) is 10.8. The molecule has 2 amide bonds. The van der Waals surface area contributed by atoms with Gasteiger partial charge in [-0.15, -0.1) is 11.3 Å². The zero-order chi connectivity index (χ0) is 24.2. The van der Waals surface area contributed by atoms with Crippen LogP contribution in [0.2, 0.25) is 0 Å². The number of amides is 2. The molecule has 0 saturated carbocycles. The molecule has 2 aromatic carbocycles. The van der Waals surface area contributed by atoms with Crippen molar-refractivity contribution in [2.24, 2.45) is 0 Å². The summed E-state index contributed by atoms with van der Waals surface area (Å²) in [6.07, 6.45) is 2.07. The first-order valence-corrected chi connectivity index (χ1v) is 13.0. The molecule has 3 heterocycles. The van der Waals surface area contributed by atoms with Crippen LogP contribution in [0.1, 0.15) is 23.8 Å². The Hall–Kier alpha value is -2.88. The van der Waals surface area contributed by atoms with E-state index in [1.807, 2.05) is 23.1 Å². The highest BCUT2D eigenvalue weighted by Crippen LogP contribution is 2.33. The van der Waals surface area contributed by atoms with Gasteiger partial charge in [0.15, 0.2) is 0 Å². The summed E-state index contributed by atoms with van der Waals surface area (Å²) in [5, 5.41) is 3.88. The third-order valence-electron chi connectivity index (χ3n) is 6.73. The number of carbonyl (C=O) groups excluding carboxylic acids is 2. The summed E-state index contributed by atoms with van der Waals surface area (Å²) in [5.41, 5.74) is 1.50. The van der Waals surface area contributed by atoms with Gasteiger partial charge in [0.25, 0.3) is 0 Å². The number of fused-ring (bicyclic) bond motifs is 1. The van der Waals surface area contributed by atoms with Crippen LogP contribution in [0.15, 0.2) is 48.5 Å². The SMILES string of the molecule is O=C(CN1CCN(CC(=O)N2CCC[C@@H](c3nc4ccccc4s3)C2)CC1)Nc1cccc(F)c1. The van der Waals surface area contributed by atoms with Crippen LogP contribution in [0.5, 0.6) is 0 Å². The Morgan fingerprint density at radius 2 is 1.77 bits per heavy atom. The minimum atomic E-state index is -0.374. The van der Waals surface area contributed by atoms with E-state index in [1.54, 1.807) is 23.5 Å². The topological polar surface area (TPSA) is 68.8 Å². The fraction of sp³-hybridized carbons (Fsp3) is 0.423. The van der Waals surface area contributed by atoms with Crippen LogP contribution in [0, 0.1) is 5.82 Å². The number of hydrogen-bond acceptors (Lipinski definition) is 6. The highest BCUT2D eigenvalue weighted by atomic mass is 32.1. The van der Waals surface area contributed by atoms with Gasteiger partial charge < -0.3 is 10.2 Å². The van der Waals surface area contributed by atoms with E-state index in [9.17, 15) is 14.0 Å². The molecule has 2 saturated heterocycles. The van der Waals surface area contributed by atoms with E-state index < -0.39 is 0 Å². The molecule has 184 valence electrons. The quantitative estimate of drug-likeness (QED) is 0.568. The van der Waals surface area contributed by atoms with Gasteiger partial charge in [0.05, 0.1) is 28.3 Å². The molecule has 0 radical (unpaired) electrons. The summed E-state index contributed by atoms with van der Waals surface area (Å²) in [4.78, 5) is 36.4. The highest BCUT2D eigenvalue weighted by molar-refractivity contribution is 7.18. The van der Waals surface area contributed by atoms with Crippen LogP contribution in [-0.2, 0) is 9.59 Å². The monoisotopic (exact) mass is 495 g/mol. The maximum Gasteiger partial charge on any atom is 0.238 e. The number of hydrogen-bond donors (Lipinski definition) is 1. The Labute approximate surface area is 208 Å². The summed E-state index contributed by atoms with van der Waals surface area (Å²) in [5.74, 6) is -0.0535. The lowest BCUT2D eigenvalue weighted by Crippen LogP contribution is -2.52. The van der Waals surface area contributed by atoms with E-state index in [-0.39, 0.29) is 24.2 Å². The second-order valence-corrected chi connectivity index (χ2v) is 10.4. The van der Waals surface area contributed by atoms with Crippen molar-refractivity contribution in [1.29, 1.82) is 0 Å². The number of thiazole rings is 1. The predicted octanol–water partition coefficient (Wildman–Crippen LogP) is 3.40. The molecule has 35 heavy (non-hydrogen) atoms. The normalized spacial score (nSPS) is 19.7. The van der Waals surface area contributed by atoms with Crippen molar-refractivity contribution < 1.29 is 14.0 Å². The first-order valence-electron chi connectivity index (χ1n) is 12.2. The summed E-state index contributed by atoms with van der Waals surface area (Å²) in [6, 6.07) is 14.1. The van der Waals surface area contributed by atoms with Crippen molar-refractivity contribution in [3.63, 3.8) is 0 Å². The third-order valence-corrected chi connectivity index (χ3v) is 7.93. The van der Waals surface area contributed by atoms with Crippen LogP contribution >= 0.6 is 11.3 Å². The summed E-state index contributed by atoms with van der Waals surface area (Å²) >= 11 is 1.74. The number of likely N-dealkylation sites (tertiary alicyclic amines) is 1. The van der Waals surface area contributed by atoms with Crippen LogP contribution in [0.4, 0.5) is 10.1 Å². The van der Waals surface area contributed by atoms with Gasteiger partial charge >= 0.3 is 0 Å². The Bertz CT molecular complexity index is 1160. The molecule has 2 fully saturated rings. The van der Waals surface area contributed by atoms with Crippen molar-refractivity contribution in [2.45, 2.75) is 18.8 Å². The molecule has 1 N–H and O–H groups in total. The maximum atomic E-state index is 13.3. The minimum absolute atomic E-state index is 0.158. The van der Waals surface area contributed by atoms with Crippen molar-refractivity contribution >= 4 is 39.1 Å². The van der Waals surface area contributed by atoms with E-state index in [2.05, 4.69) is 21.2 Å². The number of piperazine rings is 1. The number of rotatable bonds is 6. The summed E-state index contributed by atoms with van der Waals surface area (Å²) in [7, 11) is 0. The number of anilines is 1. The Morgan fingerprint density at radius 3 is 2.54 bits per heavy atom. The van der Waals surface area contributed by atoms with E-state index in [4.69, 9.17) is 4.98 Å². The molecule has 1 aromatic heterocycles. The number of halogens is 1. The number of carbonyl (C=O) groups is 2. The van der Waals surface area contributed by atoms with Gasteiger partial charge in [-0.05, 0) is 43.2 Å². The van der Waals surface area contributed by atoms with Gasteiger partial charge in [0, 0.05) is 50.9 Å². The first kappa shape index (κ1) is 23.8. The molecule has 0 unspecified atom stereocenters. The Morgan fingerprint density at radius 1 is 1.00 bits per heavy atom. The van der Waals surface area contributed by atoms with Crippen LogP contribution in [-0.4, -0.2) is 83.9 Å². The average molecular weight is 496 g/mol. The number of piperidine rings is 1. The van der Waals surface area contributed by atoms with Gasteiger partial charge in [-0.1, -0.05) is 18.2 Å². The molecule has 2 aliphatic heterocycles. The number of aromatic nitrogens is 1. The van der Waals surface area contributed by atoms with Gasteiger partial charge in [-0.2, -0.15) is 0 Å². The zero-order valence-corrected chi connectivity index (χ0v) is 20.5. The maximum absolute atomic E-state index is 13.3. The molecule has 7 nitrogen and oxygen atoms in total. The summed E-state index contributed by atoms with van der Waals surface area (Å²) < 4.78 is 14.5. The number of nitrogens with one attached hydrogen (secondary N) is 1. The zero-order valence-electron chi connectivity index (χ0n) is 19.7. The van der Waals surface area contributed by atoms with Gasteiger partial charge in [0.2, 0.25) is 11.8 Å². The van der Waals surface area contributed by atoms with Gasteiger partial charge in [-0.25, -0.2) is 9.37 Å². The average Bonchev–Trinajstić information content (AvgIpc) is 3.30. The molecule has 0 bridgehead atoms. The molecule has 5 rings (SSSR count). The predicted molar refractivity (Wildman–Crippen MR) is 136 cm³/mol. The van der Waals surface area contributed by atoms with Crippen LogP contribution in [0.25, 0.3) is 10.2 Å². The second-order valence-electron chi connectivity index (χ2n) is 9.31. The molecule has 1 atom stereocenters. The van der Waals surface area contributed by atoms with Crippen molar-refractivity contribution in [3.05, 3.63) is 59.4 Å². The number of nitrogens with zero attached hydrogens (tertiary/aromatic N) is 4. The lowest BCUT2D eigenvalue weighted by atomic mass is 9.98. The highest BCUT2D eigenvalue weighted by Gasteiger charge is 2.29. The standard InChI is InChI=1S/C26H30FN5O2S/c27-20-6-3-7-21(15-20)28-24(33)17-30-11-13-31(14-12-30)18-25(34)32-10-4-5-19(16-32)26-29-22-8-1-2-9-23(22)35-26/h1-3,6-9,15,19H,4-5,10-14,16-18H2,(H,28,33)/t19-/m1/s1. The van der Waals surface area contributed by atoms with Crippen LogP contribution < -0.4 is 5.32 Å². The molecular weight excluding hydrogens is 465 g/mol. The smallest absolute Gasteiger partial charge is 0.238 e. The van der Waals surface area contributed by atoms with Crippen molar-refractivity contribution in [2.75, 3.05) is 57.7 Å².